The molecule has 5 heteroatoms. The van der Waals surface area contributed by atoms with Crippen molar-refractivity contribution in [2.45, 2.75) is 25.4 Å². The molecule has 3 rings (SSSR count). The summed E-state index contributed by atoms with van der Waals surface area (Å²) in [4.78, 5) is 0. The van der Waals surface area contributed by atoms with E-state index < -0.39 is 0 Å². The zero-order valence-corrected chi connectivity index (χ0v) is 11.7. The van der Waals surface area contributed by atoms with E-state index in [4.69, 9.17) is 4.74 Å². The summed E-state index contributed by atoms with van der Waals surface area (Å²) in [5.74, 6) is 2.09. The lowest BCUT2D eigenvalue weighted by Crippen LogP contribution is -2.34. The lowest BCUT2D eigenvalue weighted by atomic mass is 10.0. The van der Waals surface area contributed by atoms with Gasteiger partial charge in [0.05, 0.1) is 6.04 Å². The standard InChI is InChI=1S/C15H20N4O/c1-20-11-5-8-13-17-18-15-14(16-9-10-19(13)15)12-6-3-2-4-7-12/h2-4,6-7,14,16H,5,8-11H2,1H3. The molecule has 1 aromatic carbocycles. The SMILES string of the molecule is COCCCc1nnc2n1CCNC2c1ccccc1. The number of benzene rings is 1. The van der Waals surface area contributed by atoms with Crippen molar-refractivity contribution in [3.8, 4) is 0 Å². The Morgan fingerprint density at radius 1 is 1.30 bits per heavy atom. The topological polar surface area (TPSA) is 52.0 Å². The Hall–Kier alpha value is -1.72. The van der Waals surface area contributed by atoms with Crippen molar-refractivity contribution in [2.75, 3.05) is 20.3 Å². The first-order valence-corrected chi connectivity index (χ1v) is 7.09. The molecule has 0 amide bonds. The number of methoxy groups -OCH3 is 1. The Labute approximate surface area is 119 Å². The van der Waals surface area contributed by atoms with Gasteiger partial charge in [0, 0.05) is 33.2 Å². The molecule has 1 N–H and O–H groups in total. The lowest BCUT2D eigenvalue weighted by Gasteiger charge is -2.25. The van der Waals surface area contributed by atoms with Gasteiger partial charge in [0.25, 0.3) is 0 Å². The van der Waals surface area contributed by atoms with Crippen LogP contribution in [0.2, 0.25) is 0 Å². The Morgan fingerprint density at radius 2 is 2.15 bits per heavy atom. The molecule has 2 heterocycles. The Bertz CT molecular complexity index is 552. The number of hydrogen-bond donors (Lipinski definition) is 1. The van der Waals surface area contributed by atoms with Crippen LogP contribution in [0.5, 0.6) is 0 Å². The molecule has 0 spiro atoms. The second-order valence-corrected chi connectivity index (χ2v) is 5.02. The van der Waals surface area contributed by atoms with Crippen LogP contribution in [-0.4, -0.2) is 35.0 Å². The number of fused-ring (bicyclic) bond motifs is 1. The Balaban J connectivity index is 1.83. The summed E-state index contributed by atoms with van der Waals surface area (Å²) in [6.45, 7) is 2.65. The maximum Gasteiger partial charge on any atom is 0.154 e. The van der Waals surface area contributed by atoms with Gasteiger partial charge in [-0.15, -0.1) is 10.2 Å². The van der Waals surface area contributed by atoms with Crippen LogP contribution >= 0.6 is 0 Å². The molecule has 1 aliphatic heterocycles. The molecule has 20 heavy (non-hydrogen) atoms. The van der Waals surface area contributed by atoms with Crippen LogP contribution in [0, 0.1) is 0 Å². The summed E-state index contributed by atoms with van der Waals surface area (Å²) >= 11 is 0. The quantitative estimate of drug-likeness (QED) is 0.839. The molecular weight excluding hydrogens is 252 g/mol. The van der Waals surface area contributed by atoms with Crippen LogP contribution in [0.4, 0.5) is 0 Å². The summed E-state index contributed by atoms with van der Waals surface area (Å²) < 4.78 is 7.36. The van der Waals surface area contributed by atoms with Crippen molar-refractivity contribution in [1.82, 2.24) is 20.1 Å². The van der Waals surface area contributed by atoms with Gasteiger partial charge in [0.2, 0.25) is 0 Å². The molecule has 0 aliphatic carbocycles. The van der Waals surface area contributed by atoms with E-state index in [1.807, 2.05) is 6.07 Å². The summed E-state index contributed by atoms with van der Waals surface area (Å²) in [5.41, 5.74) is 1.24. The zero-order chi connectivity index (χ0) is 13.8. The fourth-order valence-corrected chi connectivity index (χ4v) is 2.69. The first-order valence-electron chi connectivity index (χ1n) is 7.09. The maximum atomic E-state index is 5.10. The predicted molar refractivity (Wildman–Crippen MR) is 76.5 cm³/mol. The molecule has 2 aromatic rings. The minimum atomic E-state index is 0.147. The van der Waals surface area contributed by atoms with E-state index >= 15 is 0 Å². The first kappa shape index (κ1) is 13.3. The molecule has 1 atom stereocenters. The minimum Gasteiger partial charge on any atom is -0.385 e. The van der Waals surface area contributed by atoms with Crippen molar-refractivity contribution in [3.63, 3.8) is 0 Å². The van der Waals surface area contributed by atoms with Crippen LogP contribution in [0.15, 0.2) is 30.3 Å². The maximum absolute atomic E-state index is 5.10. The smallest absolute Gasteiger partial charge is 0.154 e. The average molecular weight is 272 g/mol. The highest BCUT2D eigenvalue weighted by Gasteiger charge is 2.25. The van der Waals surface area contributed by atoms with E-state index in [9.17, 15) is 0 Å². The molecule has 0 radical (unpaired) electrons. The van der Waals surface area contributed by atoms with Gasteiger partial charge in [-0.25, -0.2) is 0 Å². The predicted octanol–water partition coefficient (Wildman–Crippen LogP) is 1.55. The number of nitrogens with zero attached hydrogens (tertiary/aromatic N) is 3. The van der Waals surface area contributed by atoms with Gasteiger partial charge in [-0.3, -0.25) is 0 Å². The van der Waals surface area contributed by atoms with Gasteiger partial charge >= 0.3 is 0 Å². The van der Waals surface area contributed by atoms with Crippen LogP contribution in [0.25, 0.3) is 0 Å². The second-order valence-electron chi connectivity index (χ2n) is 5.02. The molecular formula is C15H20N4O. The van der Waals surface area contributed by atoms with E-state index in [-0.39, 0.29) is 6.04 Å². The number of aryl methyl sites for hydroxylation is 1. The number of aromatic nitrogens is 3. The van der Waals surface area contributed by atoms with Crippen molar-refractivity contribution >= 4 is 0 Å². The minimum absolute atomic E-state index is 0.147. The highest BCUT2D eigenvalue weighted by Crippen LogP contribution is 2.24. The van der Waals surface area contributed by atoms with Crippen LogP contribution in [-0.2, 0) is 17.7 Å². The number of hydrogen-bond acceptors (Lipinski definition) is 4. The normalized spacial score (nSPS) is 17.9. The van der Waals surface area contributed by atoms with Crippen LogP contribution in [0.1, 0.15) is 29.7 Å². The summed E-state index contributed by atoms with van der Waals surface area (Å²) in [6, 6.07) is 10.6. The lowest BCUT2D eigenvalue weighted by molar-refractivity contribution is 0.194. The van der Waals surface area contributed by atoms with Crippen LogP contribution in [0.3, 0.4) is 0 Å². The van der Waals surface area contributed by atoms with E-state index in [0.29, 0.717) is 0 Å². The molecule has 1 aromatic heterocycles. The monoisotopic (exact) mass is 272 g/mol. The molecule has 0 saturated heterocycles. The average Bonchev–Trinajstić information content (AvgIpc) is 2.92. The van der Waals surface area contributed by atoms with Gasteiger partial charge in [0.15, 0.2) is 5.82 Å². The summed E-state index contributed by atoms with van der Waals surface area (Å²) in [6.07, 6.45) is 1.90. The third kappa shape index (κ3) is 2.59. The molecule has 5 nitrogen and oxygen atoms in total. The second kappa shape index (κ2) is 6.15. The highest BCUT2D eigenvalue weighted by atomic mass is 16.5. The molecule has 0 bridgehead atoms. The number of nitrogens with one attached hydrogen (secondary N) is 1. The molecule has 1 aliphatic rings. The van der Waals surface area contributed by atoms with E-state index in [0.717, 1.165) is 44.2 Å². The number of rotatable bonds is 5. The molecule has 0 saturated carbocycles. The fourth-order valence-electron chi connectivity index (χ4n) is 2.69. The fraction of sp³-hybridized carbons (Fsp3) is 0.467. The van der Waals surface area contributed by atoms with Crippen molar-refractivity contribution < 1.29 is 4.74 Å². The van der Waals surface area contributed by atoms with Gasteiger partial charge < -0.3 is 14.6 Å². The Morgan fingerprint density at radius 3 is 2.95 bits per heavy atom. The third-order valence-corrected chi connectivity index (χ3v) is 3.68. The van der Waals surface area contributed by atoms with E-state index in [1.54, 1.807) is 7.11 Å². The van der Waals surface area contributed by atoms with Gasteiger partial charge in [0.1, 0.15) is 5.82 Å². The molecule has 0 fully saturated rings. The largest absolute Gasteiger partial charge is 0.385 e. The first-order chi connectivity index (χ1) is 9.90. The highest BCUT2D eigenvalue weighted by molar-refractivity contribution is 5.26. The number of ether oxygens (including phenoxy) is 1. The van der Waals surface area contributed by atoms with Gasteiger partial charge in [-0.1, -0.05) is 30.3 Å². The molecule has 106 valence electrons. The van der Waals surface area contributed by atoms with Crippen molar-refractivity contribution in [3.05, 3.63) is 47.5 Å². The van der Waals surface area contributed by atoms with Crippen LogP contribution < -0.4 is 5.32 Å². The van der Waals surface area contributed by atoms with Crippen molar-refractivity contribution in [2.24, 2.45) is 0 Å². The third-order valence-electron chi connectivity index (χ3n) is 3.68. The van der Waals surface area contributed by atoms with E-state index in [2.05, 4.69) is 44.3 Å². The summed E-state index contributed by atoms with van der Waals surface area (Å²) in [7, 11) is 1.73. The molecule has 1 unspecified atom stereocenters. The zero-order valence-electron chi connectivity index (χ0n) is 11.7. The van der Waals surface area contributed by atoms with Crippen molar-refractivity contribution in [1.29, 1.82) is 0 Å². The van der Waals surface area contributed by atoms with E-state index in [1.165, 1.54) is 5.56 Å². The van der Waals surface area contributed by atoms with Gasteiger partial charge in [-0.2, -0.15) is 0 Å². The van der Waals surface area contributed by atoms with Gasteiger partial charge in [-0.05, 0) is 12.0 Å². The summed E-state index contributed by atoms with van der Waals surface area (Å²) in [5, 5.41) is 12.3. The Kier molecular flexibility index (Phi) is 4.08.